The summed E-state index contributed by atoms with van der Waals surface area (Å²) in [5, 5.41) is 4.36. The largest absolute Gasteiger partial charge is 0.356 e. The van der Waals surface area contributed by atoms with Gasteiger partial charge in [0.2, 0.25) is 0 Å². The lowest BCUT2D eigenvalue weighted by Crippen LogP contribution is -2.50. The zero-order chi connectivity index (χ0) is 15.2. The first-order valence-corrected chi connectivity index (χ1v) is 9.40. The van der Waals surface area contributed by atoms with Crippen LogP contribution in [0.3, 0.4) is 0 Å². The lowest BCUT2D eigenvalue weighted by Gasteiger charge is -2.37. The molecule has 2 aliphatic heterocycles. The van der Waals surface area contributed by atoms with Gasteiger partial charge < -0.3 is 15.1 Å². The Balaban J connectivity index is 0.00000242. The molecule has 0 aromatic heterocycles. The highest BCUT2D eigenvalue weighted by Crippen LogP contribution is 2.25. The summed E-state index contributed by atoms with van der Waals surface area (Å²) in [6, 6.07) is 0. The minimum atomic E-state index is 0. The van der Waals surface area contributed by atoms with E-state index < -0.39 is 0 Å². The first-order valence-electron chi connectivity index (χ1n) is 8.36. The number of nitrogens with zero attached hydrogens (tertiary/aromatic N) is 3. The summed E-state index contributed by atoms with van der Waals surface area (Å²) in [4.78, 5) is 9.42. The monoisotopic (exact) mass is 440 g/mol. The SMILES string of the molecule is CN=C(NCC1CCCN(C)C1)N1CCSC(C(C)C)C1.I. The van der Waals surface area contributed by atoms with Crippen molar-refractivity contribution in [3.05, 3.63) is 0 Å². The van der Waals surface area contributed by atoms with Crippen LogP contribution in [-0.4, -0.2) is 73.6 Å². The molecular weight excluding hydrogens is 407 g/mol. The average molecular weight is 440 g/mol. The molecule has 2 atom stereocenters. The molecule has 2 heterocycles. The van der Waals surface area contributed by atoms with Crippen LogP contribution in [-0.2, 0) is 0 Å². The highest BCUT2D eigenvalue weighted by molar-refractivity contribution is 14.0. The summed E-state index contributed by atoms with van der Waals surface area (Å²) in [6.45, 7) is 10.4. The predicted molar refractivity (Wildman–Crippen MR) is 110 cm³/mol. The number of rotatable bonds is 3. The third-order valence-electron chi connectivity index (χ3n) is 4.62. The van der Waals surface area contributed by atoms with Crippen LogP contribution in [0.25, 0.3) is 0 Å². The van der Waals surface area contributed by atoms with Crippen LogP contribution in [0, 0.1) is 11.8 Å². The Morgan fingerprint density at radius 2 is 2.09 bits per heavy atom. The molecular formula is C16H33IN4S. The van der Waals surface area contributed by atoms with E-state index in [0.29, 0.717) is 0 Å². The van der Waals surface area contributed by atoms with E-state index in [1.807, 2.05) is 7.05 Å². The molecule has 2 fully saturated rings. The van der Waals surface area contributed by atoms with E-state index in [9.17, 15) is 0 Å². The molecule has 0 amide bonds. The molecule has 0 radical (unpaired) electrons. The molecule has 130 valence electrons. The smallest absolute Gasteiger partial charge is 0.193 e. The summed E-state index contributed by atoms with van der Waals surface area (Å²) < 4.78 is 0. The second kappa shape index (κ2) is 10.2. The number of piperidine rings is 1. The van der Waals surface area contributed by atoms with E-state index in [1.165, 1.54) is 31.7 Å². The topological polar surface area (TPSA) is 30.9 Å². The Hall–Kier alpha value is 0.310. The van der Waals surface area contributed by atoms with Crippen LogP contribution >= 0.6 is 35.7 Å². The van der Waals surface area contributed by atoms with Crippen LogP contribution in [0.15, 0.2) is 4.99 Å². The molecule has 2 saturated heterocycles. The van der Waals surface area contributed by atoms with Gasteiger partial charge in [-0.1, -0.05) is 13.8 Å². The Kier molecular flexibility index (Phi) is 9.47. The van der Waals surface area contributed by atoms with Crippen LogP contribution in [0.2, 0.25) is 0 Å². The van der Waals surface area contributed by atoms with E-state index in [4.69, 9.17) is 0 Å². The number of nitrogens with one attached hydrogen (secondary N) is 1. The molecule has 2 aliphatic rings. The van der Waals surface area contributed by atoms with Crippen LogP contribution in [0.5, 0.6) is 0 Å². The van der Waals surface area contributed by atoms with Crippen molar-refractivity contribution >= 4 is 41.7 Å². The maximum Gasteiger partial charge on any atom is 0.193 e. The van der Waals surface area contributed by atoms with Gasteiger partial charge in [0.1, 0.15) is 0 Å². The molecule has 4 nitrogen and oxygen atoms in total. The normalized spacial score (nSPS) is 27.7. The van der Waals surface area contributed by atoms with E-state index in [1.54, 1.807) is 0 Å². The van der Waals surface area contributed by atoms with E-state index in [-0.39, 0.29) is 24.0 Å². The van der Waals surface area contributed by atoms with Crippen molar-refractivity contribution in [1.29, 1.82) is 0 Å². The van der Waals surface area contributed by atoms with E-state index in [0.717, 1.165) is 42.7 Å². The van der Waals surface area contributed by atoms with Crippen molar-refractivity contribution < 1.29 is 0 Å². The molecule has 6 heteroatoms. The minimum Gasteiger partial charge on any atom is -0.356 e. The lowest BCUT2D eigenvalue weighted by molar-refractivity contribution is 0.209. The summed E-state index contributed by atoms with van der Waals surface area (Å²) in [5.74, 6) is 3.83. The fourth-order valence-electron chi connectivity index (χ4n) is 3.28. The van der Waals surface area contributed by atoms with Crippen LogP contribution in [0.1, 0.15) is 26.7 Å². The van der Waals surface area contributed by atoms with E-state index >= 15 is 0 Å². The fraction of sp³-hybridized carbons (Fsp3) is 0.938. The molecule has 1 N–H and O–H groups in total. The van der Waals surface area contributed by atoms with Gasteiger partial charge in [-0.05, 0) is 38.3 Å². The number of hydrogen-bond acceptors (Lipinski definition) is 3. The lowest BCUT2D eigenvalue weighted by atomic mass is 9.98. The van der Waals surface area contributed by atoms with Gasteiger partial charge in [-0.15, -0.1) is 24.0 Å². The Labute approximate surface area is 157 Å². The Bertz CT molecular complexity index is 351. The fourth-order valence-corrected chi connectivity index (χ4v) is 4.58. The average Bonchev–Trinajstić information content (AvgIpc) is 2.48. The van der Waals surface area contributed by atoms with Gasteiger partial charge in [0.15, 0.2) is 5.96 Å². The highest BCUT2D eigenvalue weighted by Gasteiger charge is 2.25. The highest BCUT2D eigenvalue weighted by atomic mass is 127. The van der Waals surface area contributed by atoms with Crippen molar-refractivity contribution in [3.63, 3.8) is 0 Å². The van der Waals surface area contributed by atoms with Gasteiger partial charge in [0.25, 0.3) is 0 Å². The number of likely N-dealkylation sites (tertiary alicyclic amines) is 1. The maximum absolute atomic E-state index is 4.52. The first kappa shape index (κ1) is 20.4. The molecule has 22 heavy (non-hydrogen) atoms. The zero-order valence-electron chi connectivity index (χ0n) is 14.5. The van der Waals surface area contributed by atoms with Crippen LogP contribution in [0.4, 0.5) is 0 Å². The zero-order valence-corrected chi connectivity index (χ0v) is 17.7. The number of aliphatic imine (C=N–C) groups is 1. The number of thioether (sulfide) groups is 1. The quantitative estimate of drug-likeness (QED) is 0.415. The third-order valence-corrected chi connectivity index (χ3v) is 6.16. The summed E-state index contributed by atoms with van der Waals surface area (Å²) in [5.41, 5.74) is 0. The van der Waals surface area contributed by atoms with Gasteiger partial charge in [-0.3, -0.25) is 4.99 Å². The molecule has 2 unspecified atom stereocenters. The minimum absolute atomic E-state index is 0. The van der Waals surface area contributed by atoms with Crippen molar-refractivity contribution in [2.24, 2.45) is 16.8 Å². The molecule has 0 aromatic rings. The third kappa shape index (κ3) is 6.07. The van der Waals surface area contributed by atoms with E-state index in [2.05, 4.69) is 52.8 Å². The molecule has 0 spiro atoms. The second-order valence-electron chi connectivity index (χ2n) is 6.80. The summed E-state index contributed by atoms with van der Waals surface area (Å²) in [6.07, 6.45) is 2.68. The van der Waals surface area contributed by atoms with Crippen molar-refractivity contribution in [1.82, 2.24) is 15.1 Å². The van der Waals surface area contributed by atoms with Gasteiger partial charge >= 0.3 is 0 Å². The Morgan fingerprint density at radius 3 is 2.73 bits per heavy atom. The summed E-state index contributed by atoms with van der Waals surface area (Å²) in [7, 11) is 4.15. The molecule has 0 bridgehead atoms. The standard InChI is InChI=1S/C16H32N4S.HI/c1-13(2)15-12-20(8-9-21-15)16(17-3)18-10-14-6-5-7-19(4)11-14;/h13-15H,5-12H2,1-4H3,(H,17,18);1H. The first-order chi connectivity index (χ1) is 10.1. The number of guanidine groups is 1. The van der Waals surface area contributed by atoms with Gasteiger partial charge in [0.05, 0.1) is 0 Å². The molecule has 0 aliphatic carbocycles. The van der Waals surface area contributed by atoms with Crippen molar-refractivity contribution in [2.45, 2.75) is 31.9 Å². The second-order valence-corrected chi connectivity index (χ2v) is 8.14. The predicted octanol–water partition coefficient (Wildman–Crippen LogP) is 2.60. The number of halogens is 1. The number of hydrogen-bond donors (Lipinski definition) is 1. The van der Waals surface area contributed by atoms with Crippen LogP contribution < -0.4 is 5.32 Å². The molecule has 0 saturated carbocycles. The van der Waals surface area contributed by atoms with Crippen molar-refractivity contribution in [2.75, 3.05) is 52.6 Å². The Morgan fingerprint density at radius 1 is 1.32 bits per heavy atom. The van der Waals surface area contributed by atoms with Gasteiger partial charge in [-0.2, -0.15) is 11.8 Å². The van der Waals surface area contributed by atoms with Crippen molar-refractivity contribution in [3.8, 4) is 0 Å². The summed E-state index contributed by atoms with van der Waals surface area (Å²) >= 11 is 2.12. The maximum atomic E-state index is 4.52. The molecule has 0 aromatic carbocycles. The van der Waals surface area contributed by atoms with Gasteiger partial charge in [-0.25, -0.2) is 0 Å². The van der Waals surface area contributed by atoms with Gasteiger partial charge in [0, 0.05) is 44.2 Å². The molecule has 2 rings (SSSR count).